The fourth-order valence-electron chi connectivity index (χ4n) is 1.15. The fraction of sp³-hybridized carbons (Fsp3) is 0.700. The molecule has 0 aliphatic heterocycles. The van der Waals surface area contributed by atoms with Gasteiger partial charge in [-0.25, -0.2) is 4.79 Å². The lowest BCUT2D eigenvalue weighted by Crippen LogP contribution is -2.20. The van der Waals surface area contributed by atoms with Crippen molar-refractivity contribution >= 4 is 5.97 Å². The van der Waals surface area contributed by atoms with E-state index in [1.807, 2.05) is 13.8 Å². The summed E-state index contributed by atoms with van der Waals surface area (Å²) in [6.45, 7) is 8.04. The highest BCUT2D eigenvalue weighted by atomic mass is 16.4. The number of unbranched alkanes of at least 4 members (excludes halogenated alkanes) is 1. The summed E-state index contributed by atoms with van der Waals surface area (Å²) < 4.78 is 0. The first-order valence-electron chi connectivity index (χ1n) is 4.54. The van der Waals surface area contributed by atoms with Gasteiger partial charge in [-0.1, -0.05) is 26.8 Å². The average Bonchev–Trinajstić information content (AvgIpc) is 2.03. The van der Waals surface area contributed by atoms with Crippen molar-refractivity contribution in [1.82, 2.24) is 0 Å². The van der Waals surface area contributed by atoms with Gasteiger partial charge in [0.1, 0.15) is 0 Å². The molecule has 0 amide bonds. The molecular formula is C10H19NO2. The molecule has 0 aliphatic rings. The van der Waals surface area contributed by atoms with Gasteiger partial charge in [0.25, 0.3) is 0 Å². The van der Waals surface area contributed by atoms with Gasteiger partial charge < -0.3 is 10.8 Å². The molecular weight excluding hydrogens is 166 g/mol. The Morgan fingerprint density at radius 1 is 1.46 bits per heavy atom. The van der Waals surface area contributed by atoms with E-state index in [9.17, 15) is 4.79 Å². The third kappa shape index (κ3) is 4.08. The summed E-state index contributed by atoms with van der Waals surface area (Å²) in [6.07, 6.45) is 2.72. The maximum absolute atomic E-state index is 10.7. The van der Waals surface area contributed by atoms with Crippen molar-refractivity contribution in [3.8, 4) is 0 Å². The third-order valence-corrected chi connectivity index (χ3v) is 2.33. The first-order valence-corrected chi connectivity index (χ1v) is 4.54. The maximum Gasteiger partial charge on any atom is 0.331 e. The smallest absolute Gasteiger partial charge is 0.331 e. The summed E-state index contributed by atoms with van der Waals surface area (Å²) >= 11 is 0. The van der Waals surface area contributed by atoms with Crippen LogP contribution in [0.25, 0.3) is 0 Å². The third-order valence-electron chi connectivity index (χ3n) is 2.33. The molecule has 0 aromatic rings. The second-order valence-corrected chi connectivity index (χ2v) is 3.91. The van der Waals surface area contributed by atoms with E-state index in [-0.39, 0.29) is 11.0 Å². The van der Waals surface area contributed by atoms with Crippen molar-refractivity contribution in [3.63, 3.8) is 0 Å². The van der Waals surface area contributed by atoms with Crippen molar-refractivity contribution in [2.45, 2.75) is 33.1 Å². The van der Waals surface area contributed by atoms with Gasteiger partial charge in [-0.2, -0.15) is 0 Å². The summed E-state index contributed by atoms with van der Waals surface area (Å²) in [7, 11) is 0. The van der Waals surface area contributed by atoms with Crippen molar-refractivity contribution in [2.75, 3.05) is 6.54 Å². The SMILES string of the molecule is C=C(C(=O)O)C(C)(C)CCCCN. The van der Waals surface area contributed by atoms with E-state index in [0.717, 1.165) is 19.3 Å². The molecule has 0 fully saturated rings. The van der Waals surface area contributed by atoms with E-state index in [1.165, 1.54) is 0 Å². The largest absolute Gasteiger partial charge is 0.478 e. The first kappa shape index (κ1) is 12.2. The summed E-state index contributed by atoms with van der Waals surface area (Å²) in [5.74, 6) is -0.905. The normalized spacial score (nSPS) is 11.3. The Kier molecular flexibility index (Phi) is 4.70. The zero-order valence-electron chi connectivity index (χ0n) is 8.47. The van der Waals surface area contributed by atoms with Crippen LogP contribution in [0.15, 0.2) is 12.2 Å². The second-order valence-electron chi connectivity index (χ2n) is 3.91. The topological polar surface area (TPSA) is 63.3 Å². The van der Waals surface area contributed by atoms with Crippen LogP contribution in [0, 0.1) is 5.41 Å². The van der Waals surface area contributed by atoms with Crippen LogP contribution in [0.5, 0.6) is 0 Å². The van der Waals surface area contributed by atoms with Crippen LogP contribution < -0.4 is 5.73 Å². The molecule has 0 spiro atoms. The van der Waals surface area contributed by atoms with Gasteiger partial charge >= 0.3 is 5.97 Å². The van der Waals surface area contributed by atoms with Gasteiger partial charge in [0.05, 0.1) is 0 Å². The molecule has 0 unspecified atom stereocenters. The molecule has 0 aliphatic carbocycles. The number of rotatable bonds is 6. The van der Waals surface area contributed by atoms with Crippen molar-refractivity contribution in [3.05, 3.63) is 12.2 Å². The molecule has 0 bridgehead atoms. The Labute approximate surface area is 79.6 Å². The van der Waals surface area contributed by atoms with Crippen LogP contribution in [0.1, 0.15) is 33.1 Å². The molecule has 0 atom stereocenters. The maximum atomic E-state index is 10.7. The Bertz CT molecular complexity index is 197. The van der Waals surface area contributed by atoms with Crippen molar-refractivity contribution in [2.24, 2.45) is 11.1 Å². The van der Waals surface area contributed by atoms with E-state index in [1.54, 1.807) is 0 Å². The minimum absolute atomic E-state index is 0.282. The van der Waals surface area contributed by atoms with Gasteiger partial charge in [-0.15, -0.1) is 0 Å². The summed E-state index contributed by atoms with van der Waals surface area (Å²) in [6, 6.07) is 0. The van der Waals surface area contributed by atoms with E-state index in [2.05, 4.69) is 6.58 Å². The van der Waals surface area contributed by atoms with E-state index >= 15 is 0 Å². The van der Waals surface area contributed by atoms with Crippen LogP contribution in [0.2, 0.25) is 0 Å². The van der Waals surface area contributed by atoms with Gasteiger partial charge in [0, 0.05) is 5.57 Å². The van der Waals surface area contributed by atoms with E-state index < -0.39 is 5.97 Å². The lowest BCUT2D eigenvalue weighted by Gasteiger charge is -2.24. The number of carboxylic acids is 1. The number of hydrogen-bond donors (Lipinski definition) is 2. The molecule has 0 rings (SSSR count). The monoisotopic (exact) mass is 185 g/mol. The zero-order valence-corrected chi connectivity index (χ0v) is 8.47. The number of carbonyl (C=O) groups is 1. The standard InChI is InChI=1S/C10H19NO2/c1-8(9(12)13)10(2,3)6-4-5-7-11/h1,4-7,11H2,2-3H3,(H,12,13). The van der Waals surface area contributed by atoms with Gasteiger partial charge in [-0.05, 0) is 24.8 Å². The molecule has 13 heavy (non-hydrogen) atoms. The van der Waals surface area contributed by atoms with E-state index in [0.29, 0.717) is 6.54 Å². The molecule has 0 heterocycles. The highest BCUT2D eigenvalue weighted by Crippen LogP contribution is 2.30. The van der Waals surface area contributed by atoms with Gasteiger partial charge in [0.15, 0.2) is 0 Å². The molecule has 0 saturated heterocycles. The minimum atomic E-state index is -0.905. The van der Waals surface area contributed by atoms with Crippen molar-refractivity contribution in [1.29, 1.82) is 0 Å². The number of aliphatic carboxylic acids is 1. The van der Waals surface area contributed by atoms with Crippen LogP contribution in [0.4, 0.5) is 0 Å². The molecule has 3 N–H and O–H groups in total. The number of carboxylic acid groups (broad SMARTS) is 1. The Morgan fingerprint density at radius 2 is 2.00 bits per heavy atom. The number of hydrogen-bond acceptors (Lipinski definition) is 2. The molecule has 0 saturated carbocycles. The highest BCUT2D eigenvalue weighted by molar-refractivity contribution is 5.87. The fourth-order valence-corrected chi connectivity index (χ4v) is 1.15. The van der Waals surface area contributed by atoms with Crippen LogP contribution in [-0.4, -0.2) is 17.6 Å². The quantitative estimate of drug-likeness (QED) is 0.489. The Balaban J connectivity index is 4.06. The molecule has 0 radical (unpaired) electrons. The lowest BCUT2D eigenvalue weighted by molar-refractivity contribution is -0.133. The second kappa shape index (κ2) is 5.02. The van der Waals surface area contributed by atoms with Gasteiger partial charge in [-0.3, -0.25) is 0 Å². The van der Waals surface area contributed by atoms with Gasteiger partial charge in [0.2, 0.25) is 0 Å². The van der Waals surface area contributed by atoms with E-state index in [4.69, 9.17) is 10.8 Å². The number of nitrogens with two attached hydrogens (primary N) is 1. The highest BCUT2D eigenvalue weighted by Gasteiger charge is 2.25. The molecule has 3 heteroatoms. The predicted molar refractivity (Wildman–Crippen MR) is 53.5 cm³/mol. The molecule has 0 aromatic carbocycles. The summed E-state index contributed by atoms with van der Waals surface area (Å²) in [5, 5.41) is 8.75. The summed E-state index contributed by atoms with van der Waals surface area (Å²) in [5.41, 5.74) is 5.32. The molecule has 0 aromatic heterocycles. The first-order chi connectivity index (χ1) is 5.91. The summed E-state index contributed by atoms with van der Waals surface area (Å²) in [4.78, 5) is 10.7. The average molecular weight is 185 g/mol. The molecule has 76 valence electrons. The lowest BCUT2D eigenvalue weighted by atomic mass is 9.80. The Morgan fingerprint density at radius 3 is 2.38 bits per heavy atom. The van der Waals surface area contributed by atoms with Crippen LogP contribution in [-0.2, 0) is 4.79 Å². The predicted octanol–water partition coefficient (Wildman–Crippen LogP) is 1.78. The molecule has 3 nitrogen and oxygen atoms in total. The Hall–Kier alpha value is -0.830. The zero-order chi connectivity index (χ0) is 10.5. The van der Waals surface area contributed by atoms with Crippen molar-refractivity contribution < 1.29 is 9.90 Å². The van der Waals surface area contributed by atoms with Crippen LogP contribution >= 0.6 is 0 Å². The van der Waals surface area contributed by atoms with Crippen LogP contribution in [0.3, 0.4) is 0 Å². The minimum Gasteiger partial charge on any atom is -0.478 e.